The smallest absolute Gasteiger partial charge is 0.303 e. The first-order chi connectivity index (χ1) is 8.70. The first-order valence-corrected chi connectivity index (χ1v) is 6.39. The van der Waals surface area contributed by atoms with Crippen molar-refractivity contribution in [1.29, 1.82) is 0 Å². The average Bonchev–Trinajstić information content (AvgIpc) is 2.56. The number of carbonyl (C=O) groups is 2. The monoisotopic (exact) mass is 303 g/mol. The zero-order valence-corrected chi connectivity index (χ0v) is 10.3. The molecule has 0 bridgehead atoms. The van der Waals surface area contributed by atoms with Crippen molar-refractivity contribution in [2.24, 2.45) is 0 Å². The van der Waals surface area contributed by atoms with Crippen LogP contribution in [0.2, 0.25) is 0 Å². The third-order valence-corrected chi connectivity index (χ3v) is 1.98. The third kappa shape index (κ3) is 5.43. The Morgan fingerprint density at radius 1 is 1.00 bits per heavy atom. The molecule has 1 aliphatic heterocycles. The fourth-order valence-electron chi connectivity index (χ4n) is 1.29. The van der Waals surface area contributed by atoms with Gasteiger partial charge in [-0.3, -0.25) is 14.8 Å². The van der Waals surface area contributed by atoms with Gasteiger partial charge in [0, 0.05) is 6.08 Å². The lowest BCUT2D eigenvalue weighted by Crippen LogP contribution is -2.26. The Hall–Kier alpha value is -1.83. The van der Waals surface area contributed by atoms with Crippen LogP contribution in [-0.2, 0) is 14.2 Å². The first-order valence-electron chi connectivity index (χ1n) is 4.83. The Labute approximate surface area is 114 Å². The summed E-state index contributed by atoms with van der Waals surface area (Å²) in [6.07, 6.45) is 1.12. The Kier molecular flexibility index (Phi) is 6.44. The minimum absolute atomic E-state index is 0. The molecule has 20 heavy (non-hydrogen) atoms. The number of phosphoric acid groups is 1. The molecular weight excluding hydrogens is 289 g/mol. The van der Waals surface area contributed by atoms with Crippen molar-refractivity contribution in [2.45, 2.75) is 7.43 Å². The minimum atomic E-state index is -4.64. The molecule has 0 aromatic heterocycles. The molecule has 110 valence electrons. The molecule has 0 fully saturated rings. The molecule has 0 saturated carbocycles. The van der Waals surface area contributed by atoms with E-state index in [1.54, 1.807) is 24.3 Å². The number of rotatable bonds is 1. The average molecular weight is 303 g/mol. The van der Waals surface area contributed by atoms with Crippen molar-refractivity contribution >= 4 is 25.2 Å². The predicted molar refractivity (Wildman–Crippen MR) is 69.1 cm³/mol. The van der Waals surface area contributed by atoms with Gasteiger partial charge in [-0.2, -0.15) is 0 Å². The second kappa shape index (κ2) is 7.09. The van der Waals surface area contributed by atoms with Crippen LogP contribution >= 0.6 is 7.82 Å². The molecule has 1 aliphatic rings. The summed E-state index contributed by atoms with van der Waals surface area (Å²) in [5.41, 5.74) is 0.848. The summed E-state index contributed by atoms with van der Waals surface area (Å²) in [5, 5.41) is 9.09. The van der Waals surface area contributed by atoms with Crippen LogP contribution in [0, 0.1) is 0 Å². The molecule has 2 rings (SSSR count). The van der Waals surface area contributed by atoms with Crippen molar-refractivity contribution in [2.75, 3.05) is 0 Å². The topological polar surface area (TPSA) is 135 Å². The summed E-state index contributed by atoms with van der Waals surface area (Å²) < 4.78 is 8.88. The highest BCUT2D eigenvalue weighted by molar-refractivity contribution is 7.45. The molecule has 0 unspecified atom stereocenters. The molecule has 2 amide bonds. The second-order valence-electron chi connectivity index (χ2n) is 3.39. The Morgan fingerprint density at radius 2 is 1.45 bits per heavy atom. The highest BCUT2D eigenvalue weighted by Gasteiger charge is 2.30. The van der Waals surface area contributed by atoms with Gasteiger partial charge >= 0.3 is 7.82 Å². The van der Waals surface area contributed by atoms with E-state index in [4.69, 9.17) is 24.5 Å². The van der Waals surface area contributed by atoms with E-state index in [9.17, 15) is 9.59 Å². The van der Waals surface area contributed by atoms with E-state index in [0.717, 1.165) is 6.08 Å². The van der Waals surface area contributed by atoms with Crippen molar-refractivity contribution in [3.8, 4) is 0 Å². The lowest BCUT2D eigenvalue weighted by atomic mass is 10.1. The number of benzene rings is 1. The van der Waals surface area contributed by atoms with Gasteiger partial charge in [-0.1, -0.05) is 37.8 Å². The van der Waals surface area contributed by atoms with Gasteiger partial charge in [0.05, 0.1) is 5.57 Å². The van der Waals surface area contributed by atoms with Crippen LogP contribution in [0.4, 0.5) is 0 Å². The molecule has 0 saturated heterocycles. The molecule has 1 aromatic carbocycles. The lowest BCUT2D eigenvalue weighted by Gasteiger charge is -2.04. The molecule has 9 heteroatoms. The molecule has 0 atom stereocenters. The van der Waals surface area contributed by atoms with Crippen LogP contribution in [0.3, 0.4) is 0 Å². The summed E-state index contributed by atoms with van der Waals surface area (Å²) >= 11 is 0. The van der Waals surface area contributed by atoms with Gasteiger partial charge in [-0.05, 0) is 5.56 Å². The summed E-state index contributed by atoms with van der Waals surface area (Å²) in [7, 11) is -4.64. The van der Waals surface area contributed by atoms with Crippen molar-refractivity contribution < 1.29 is 34.0 Å². The van der Waals surface area contributed by atoms with Crippen LogP contribution in [0.15, 0.2) is 36.4 Å². The minimum Gasteiger partial charge on any atom is -0.303 e. The second-order valence-corrected chi connectivity index (χ2v) is 4.42. The summed E-state index contributed by atoms with van der Waals surface area (Å²) in [6, 6.07) is 8.73. The van der Waals surface area contributed by atoms with Crippen LogP contribution in [0.1, 0.15) is 13.0 Å². The van der Waals surface area contributed by atoms with Crippen molar-refractivity contribution in [3.63, 3.8) is 0 Å². The van der Waals surface area contributed by atoms with E-state index in [0.29, 0.717) is 5.56 Å². The highest BCUT2D eigenvalue weighted by Crippen LogP contribution is 2.25. The number of imide groups is 1. The summed E-state index contributed by atoms with van der Waals surface area (Å²) in [6.45, 7) is 0. The van der Waals surface area contributed by atoms with Gasteiger partial charge in [-0.25, -0.2) is 4.57 Å². The number of hydrogen-bond acceptors (Lipinski definition) is 4. The number of carbonyl (C=O) groups excluding carboxylic acids is 2. The predicted octanol–water partition coefficient (Wildman–Crippen LogP) is 0.535. The summed E-state index contributed by atoms with van der Waals surface area (Å²) in [4.78, 5) is 43.8. The number of hydrogen-bond donors (Lipinski definition) is 4. The van der Waals surface area contributed by atoms with E-state index >= 15 is 0 Å². The standard InChI is InChI=1S/C10H7NO3.CH4.H3O4P/c12-9-6-8(10(13)11(9)14)7-4-2-1-3-5-7;;1-5(2,3)4/h1-6,14H;1H4;(H3,1,2,3,4). The maximum absolute atomic E-state index is 11.3. The third-order valence-electron chi connectivity index (χ3n) is 1.98. The molecule has 1 heterocycles. The van der Waals surface area contributed by atoms with Gasteiger partial charge < -0.3 is 14.7 Å². The highest BCUT2D eigenvalue weighted by atomic mass is 31.2. The van der Waals surface area contributed by atoms with Crippen LogP contribution < -0.4 is 0 Å². The number of hydroxylamine groups is 2. The van der Waals surface area contributed by atoms with Gasteiger partial charge in [0.15, 0.2) is 0 Å². The SMILES string of the molecule is C.O=C1C=C(c2ccccc2)C(=O)N1O.O=P(O)(O)O. The molecule has 0 aliphatic carbocycles. The van der Waals surface area contributed by atoms with Gasteiger partial charge in [0.25, 0.3) is 11.8 Å². The molecule has 4 N–H and O–H groups in total. The van der Waals surface area contributed by atoms with Crippen molar-refractivity contribution in [3.05, 3.63) is 42.0 Å². The number of nitrogens with zero attached hydrogens (tertiary/aromatic N) is 1. The molecule has 1 aromatic rings. The van der Waals surface area contributed by atoms with E-state index < -0.39 is 19.6 Å². The molecule has 0 radical (unpaired) electrons. The Bertz CT molecular complexity index is 555. The maximum Gasteiger partial charge on any atom is 0.466 e. The van der Waals surface area contributed by atoms with Gasteiger partial charge in [-0.15, -0.1) is 5.06 Å². The molecule has 0 spiro atoms. The Morgan fingerprint density at radius 3 is 1.80 bits per heavy atom. The maximum atomic E-state index is 11.3. The quantitative estimate of drug-likeness (QED) is 0.337. The van der Waals surface area contributed by atoms with Gasteiger partial charge in [0.2, 0.25) is 0 Å². The number of amides is 2. The first kappa shape index (κ1) is 18.2. The largest absolute Gasteiger partial charge is 0.466 e. The lowest BCUT2D eigenvalue weighted by molar-refractivity contribution is -0.168. The van der Waals surface area contributed by atoms with Gasteiger partial charge in [0.1, 0.15) is 0 Å². The Balaban J connectivity index is 0.000000526. The zero-order chi connectivity index (χ0) is 14.6. The molecular formula is C11H14NO7P. The van der Waals surface area contributed by atoms with Crippen LogP contribution in [0.5, 0.6) is 0 Å². The normalized spacial score (nSPS) is 14.2. The van der Waals surface area contributed by atoms with Crippen molar-refractivity contribution in [1.82, 2.24) is 5.06 Å². The van der Waals surface area contributed by atoms with E-state index in [1.165, 1.54) is 0 Å². The van der Waals surface area contributed by atoms with Crippen LogP contribution in [-0.4, -0.2) is 36.8 Å². The van der Waals surface area contributed by atoms with E-state index in [2.05, 4.69) is 0 Å². The van der Waals surface area contributed by atoms with E-state index in [1.807, 2.05) is 6.07 Å². The van der Waals surface area contributed by atoms with E-state index in [-0.39, 0.29) is 18.1 Å². The molecule has 8 nitrogen and oxygen atoms in total. The van der Waals surface area contributed by atoms with Crippen LogP contribution in [0.25, 0.3) is 5.57 Å². The fraction of sp³-hybridized carbons (Fsp3) is 0.0909. The fourth-order valence-corrected chi connectivity index (χ4v) is 1.29. The zero-order valence-electron chi connectivity index (χ0n) is 9.37. The summed E-state index contributed by atoms with van der Waals surface area (Å²) in [5.74, 6) is -1.38.